The summed E-state index contributed by atoms with van der Waals surface area (Å²) in [5, 5.41) is 32.7. The topological polar surface area (TPSA) is 90.2 Å². The molecule has 1 unspecified atom stereocenters. The Morgan fingerprint density at radius 2 is 2.08 bits per heavy atom. The summed E-state index contributed by atoms with van der Waals surface area (Å²) in [6.07, 6.45) is -1.67. The highest BCUT2D eigenvalue weighted by Gasteiger charge is 2.72. The number of Topliss-reactive ketones (excluding diaryl/α,β-unsaturated/α-hetero) is 1. The summed E-state index contributed by atoms with van der Waals surface area (Å²) in [6, 6.07) is 3.06. The van der Waals surface area contributed by atoms with Gasteiger partial charge < -0.3 is 25.0 Å². The van der Waals surface area contributed by atoms with Gasteiger partial charge in [-0.25, -0.2) is 0 Å². The minimum Gasteiger partial charge on any atom is -0.504 e. The van der Waals surface area contributed by atoms with Crippen LogP contribution in [0.4, 0.5) is 0 Å². The number of nitrogens with zero attached hydrogens (tertiary/aromatic N) is 1. The highest BCUT2D eigenvalue weighted by Crippen LogP contribution is 2.61. The first-order valence-corrected chi connectivity index (χ1v) is 8.42. The molecule has 3 N–H and O–H groups in total. The van der Waals surface area contributed by atoms with E-state index in [4.69, 9.17) is 4.74 Å². The summed E-state index contributed by atoms with van der Waals surface area (Å²) in [5.74, 6) is 0.00538. The molecule has 0 radical (unpaired) electrons. The Hall–Kier alpha value is -1.63. The average Bonchev–Trinajstić information content (AvgIpc) is 2.88. The molecule has 130 valence electrons. The Bertz CT molecular complexity index is 734. The lowest BCUT2D eigenvalue weighted by Gasteiger charge is -2.58. The summed E-state index contributed by atoms with van der Waals surface area (Å²) in [4.78, 5) is 14.6. The van der Waals surface area contributed by atoms with E-state index in [1.807, 2.05) is 24.9 Å². The Morgan fingerprint density at radius 1 is 1.38 bits per heavy atom. The molecule has 2 aliphatic carbocycles. The predicted octanol–water partition coefficient (Wildman–Crippen LogP) is 0.352. The standard InChI is InChI=1S/C18H23NO5/c1-4-19(3)12-7-9-5-6-10(20)15-14(9)17(2)16(24-15)11(21)8-13(22)18(12,17)23/h5-6,12-13,16,20,22-23H,4,7-8H2,1-3H3/t12-,13?,16+,17+,18+/m1/s1. The van der Waals surface area contributed by atoms with Crippen LogP contribution in [0.2, 0.25) is 0 Å². The van der Waals surface area contributed by atoms with Crippen molar-refractivity contribution in [3.63, 3.8) is 0 Å². The lowest BCUT2D eigenvalue weighted by Crippen LogP contribution is -2.76. The number of ether oxygens (including phenoxy) is 1. The zero-order valence-corrected chi connectivity index (χ0v) is 14.1. The quantitative estimate of drug-likeness (QED) is 0.724. The predicted molar refractivity (Wildman–Crippen MR) is 86.3 cm³/mol. The largest absolute Gasteiger partial charge is 0.504 e. The average molecular weight is 333 g/mol. The summed E-state index contributed by atoms with van der Waals surface area (Å²) >= 11 is 0. The van der Waals surface area contributed by atoms with E-state index >= 15 is 0 Å². The molecular weight excluding hydrogens is 310 g/mol. The van der Waals surface area contributed by atoms with Crippen LogP contribution in [-0.4, -0.2) is 63.4 Å². The van der Waals surface area contributed by atoms with Gasteiger partial charge in [0.2, 0.25) is 0 Å². The molecule has 1 aliphatic heterocycles. The fourth-order valence-corrected chi connectivity index (χ4v) is 5.08. The van der Waals surface area contributed by atoms with Gasteiger partial charge in [0.05, 0.1) is 11.5 Å². The minimum atomic E-state index is -1.53. The van der Waals surface area contributed by atoms with E-state index in [1.54, 1.807) is 13.0 Å². The molecule has 5 atom stereocenters. The van der Waals surface area contributed by atoms with Gasteiger partial charge in [-0.1, -0.05) is 13.0 Å². The number of phenols is 1. The second-order valence-electron chi connectivity index (χ2n) is 7.45. The van der Waals surface area contributed by atoms with Crippen LogP contribution < -0.4 is 4.74 Å². The van der Waals surface area contributed by atoms with E-state index in [-0.39, 0.29) is 29.7 Å². The zero-order chi connectivity index (χ0) is 17.4. The van der Waals surface area contributed by atoms with Crippen LogP contribution in [0, 0.1) is 0 Å². The molecule has 24 heavy (non-hydrogen) atoms. The zero-order valence-electron chi connectivity index (χ0n) is 14.1. The summed E-state index contributed by atoms with van der Waals surface area (Å²) in [5.41, 5.74) is -0.993. The van der Waals surface area contributed by atoms with Crippen LogP contribution in [-0.2, 0) is 16.6 Å². The van der Waals surface area contributed by atoms with Crippen molar-refractivity contribution in [1.82, 2.24) is 4.90 Å². The van der Waals surface area contributed by atoms with Crippen LogP contribution in [0.1, 0.15) is 31.4 Å². The third kappa shape index (κ3) is 1.54. The van der Waals surface area contributed by atoms with Crippen molar-refractivity contribution >= 4 is 5.78 Å². The van der Waals surface area contributed by atoms with Crippen molar-refractivity contribution in [3.05, 3.63) is 23.3 Å². The van der Waals surface area contributed by atoms with Crippen LogP contribution in [0.3, 0.4) is 0 Å². The van der Waals surface area contributed by atoms with Crippen molar-refractivity contribution in [2.75, 3.05) is 13.6 Å². The molecule has 0 saturated heterocycles. The Kier molecular flexibility index (Phi) is 3.12. The smallest absolute Gasteiger partial charge is 0.177 e. The molecule has 3 aliphatic rings. The number of carbonyl (C=O) groups is 1. The first-order chi connectivity index (χ1) is 11.3. The van der Waals surface area contributed by atoms with Gasteiger partial charge in [0.25, 0.3) is 0 Å². The molecule has 1 fully saturated rings. The van der Waals surface area contributed by atoms with Gasteiger partial charge in [-0.3, -0.25) is 4.79 Å². The molecule has 0 aromatic heterocycles. The molecule has 1 heterocycles. The normalized spacial score (nSPS) is 39.8. The van der Waals surface area contributed by atoms with E-state index in [0.717, 1.165) is 5.56 Å². The second-order valence-corrected chi connectivity index (χ2v) is 7.45. The fraction of sp³-hybridized carbons (Fsp3) is 0.611. The maximum Gasteiger partial charge on any atom is 0.177 e. The summed E-state index contributed by atoms with van der Waals surface area (Å²) in [7, 11) is 1.91. The lowest BCUT2D eigenvalue weighted by molar-refractivity contribution is -0.204. The first-order valence-electron chi connectivity index (χ1n) is 8.42. The number of aliphatic hydroxyl groups excluding tert-OH is 1. The van der Waals surface area contributed by atoms with E-state index in [1.165, 1.54) is 0 Å². The maximum atomic E-state index is 12.5. The van der Waals surface area contributed by atoms with Gasteiger partial charge in [0, 0.05) is 18.0 Å². The molecule has 0 bridgehead atoms. The van der Waals surface area contributed by atoms with Gasteiger partial charge in [0.15, 0.2) is 23.4 Å². The molecule has 1 aromatic carbocycles. The molecule has 4 rings (SSSR count). The van der Waals surface area contributed by atoms with Crippen molar-refractivity contribution in [2.24, 2.45) is 0 Å². The van der Waals surface area contributed by atoms with Crippen LogP contribution in [0.15, 0.2) is 12.1 Å². The number of rotatable bonds is 2. The SMILES string of the molecule is CCN(C)[C@@H]1Cc2ccc(O)c3c2[C@@]2(C)[C@@H](O3)C(=O)CC(O)[C@@]12O. The highest BCUT2D eigenvalue weighted by atomic mass is 16.5. The molecule has 6 nitrogen and oxygen atoms in total. The van der Waals surface area contributed by atoms with Crippen LogP contribution in [0.5, 0.6) is 11.5 Å². The number of aliphatic hydroxyl groups is 2. The van der Waals surface area contributed by atoms with E-state index in [2.05, 4.69) is 0 Å². The van der Waals surface area contributed by atoms with E-state index < -0.39 is 23.2 Å². The number of hydrogen-bond acceptors (Lipinski definition) is 6. The number of ketones is 1. The highest BCUT2D eigenvalue weighted by molar-refractivity contribution is 5.90. The van der Waals surface area contributed by atoms with Gasteiger partial charge >= 0.3 is 0 Å². The molecule has 0 spiro atoms. The number of aromatic hydroxyl groups is 1. The monoisotopic (exact) mass is 333 g/mol. The van der Waals surface area contributed by atoms with Crippen LogP contribution in [0.25, 0.3) is 0 Å². The Labute approximate surface area is 140 Å². The van der Waals surface area contributed by atoms with Crippen molar-refractivity contribution in [3.8, 4) is 11.5 Å². The fourth-order valence-electron chi connectivity index (χ4n) is 5.08. The van der Waals surface area contributed by atoms with Crippen molar-refractivity contribution in [2.45, 2.75) is 56.0 Å². The second kappa shape index (κ2) is 4.71. The number of carbonyl (C=O) groups excluding carboxylic acids is 1. The summed E-state index contributed by atoms with van der Waals surface area (Å²) < 4.78 is 5.83. The number of hydrogen-bond donors (Lipinski definition) is 3. The van der Waals surface area contributed by atoms with E-state index in [0.29, 0.717) is 18.5 Å². The number of phenolic OH excluding ortho intramolecular Hbond substituents is 1. The lowest BCUT2D eigenvalue weighted by atomic mass is 9.51. The molecule has 6 heteroatoms. The van der Waals surface area contributed by atoms with Crippen molar-refractivity contribution in [1.29, 1.82) is 0 Å². The van der Waals surface area contributed by atoms with Crippen LogP contribution >= 0.6 is 0 Å². The molecule has 0 amide bonds. The number of likely N-dealkylation sites (N-methyl/N-ethyl adjacent to an activating group) is 1. The minimum absolute atomic E-state index is 0.0312. The van der Waals surface area contributed by atoms with E-state index in [9.17, 15) is 20.1 Å². The Morgan fingerprint density at radius 3 is 2.75 bits per heavy atom. The van der Waals surface area contributed by atoms with Gasteiger partial charge in [0.1, 0.15) is 5.60 Å². The third-order valence-corrected chi connectivity index (χ3v) is 6.48. The molecule has 1 saturated carbocycles. The third-order valence-electron chi connectivity index (χ3n) is 6.48. The number of benzene rings is 1. The van der Waals surface area contributed by atoms with Gasteiger partial charge in [-0.2, -0.15) is 0 Å². The maximum absolute atomic E-state index is 12.5. The molecular formula is C18H23NO5. The van der Waals surface area contributed by atoms with Gasteiger partial charge in [-0.05, 0) is 38.6 Å². The Balaban J connectivity index is 2.03. The first kappa shape index (κ1) is 15.9. The van der Waals surface area contributed by atoms with Gasteiger partial charge in [-0.15, -0.1) is 0 Å². The molecule has 1 aromatic rings. The van der Waals surface area contributed by atoms with Crippen molar-refractivity contribution < 1.29 is 24.9 Å². The summed E-state index contributed by atoms with van der Waals surface area (Å²) in [6.45, 7) is 4.48.